The lowest BCUT2D eigenvalue weighted by molar-refractivity contribution is -0.150. The minimum atomic E-state index is -1.00. The highest BCUT2D eigenvalue weighted by Gasteiger charge is 2.19. The number of unbranched alkanes of at least 4 members (excludes halogenated alkanes) is 24. The fourth-order valence-electron chi connectivity index (χ4n) is 7.62. The van der Waals surface area contributed by atoms with Gasteiger partial charge >= 0.3 is 11.9 Å². The molecule has 0 fully saturated rings. The van der Waals surface area contributed by atoms with Crippen LogP contribution in [0.2, 0.25) is 0 Å². The third-order valence-electron chi connectivity index (χ3n) is 11.4. The molecule has 0 aliphatic heterocycles. The highest BCUT2D eigenvalue weighted by atomic mass is 16.5. The van der Waals surface area contributed by atoms with Gasteiger partial charge in [0, 0.05) is 12.8 Å². The van der Waals surface area contributed by atoms with Crippen molar-refractivity contribution in [3.05, 3.63) is 48.6 Å². The molecule has 348 valence electrons. The molecule has 0 aliphatic rings. The first kappa shape index (κ1) is 57.3. The number of hydrogen-bond acceptors (Lipinski definition) is 5. The van der Waals surface area contributed by atoms with Crippen molar-refractivity contribution in [3.8, 4) is 0 Å². The summed E-state index contributed by atoms with van der Waals surface area (Å²) in [6.45, 7) is 4.85. The van der Waals surface area contributed by atoms with Gasteiger partial charge in [0.25, 0.3) is 0 Å². The van der Waals surface area contributed by atoms with E-state index in [-0.39, 0.29) is 18.0 Å². The van der Waals surface area contributed by atoms with Crippen molar-refractivity contribution in [1.29, 1.82) is 0 Å². The molecule has 0 radical (unpaired) electrons. The molecule has 4 N–H and O–H groups in total. The maximum Gasteiger partial charge on any atom is 0.326 e. The SMILES string of the molecule is CC/C=C\C/C=C\C/C=C\C/C=C\CCCCCCCCCCC(=O)OC(CCCCCCCCCCCCCCC)CCCCCCCC(=O)NC(CCCN)C(=O)O. The average molecular weight is 841 g/mol. The smallest absolute Gasteiger partial charge is 0.326 e. The minimum absolute atomic E-state index is 0.00846. The molecule has 0 heterocycles. The van der Waals surface area contributed by atoms with Gasteiger partial charge in [0.1, 0.15) is 12.1 Å². The standard InChI is InChI=1S/C53H96N2O5/c1-3-5-7-9-11-13-15-17-18-19-20-21-22-23-24-26-28-30-32-37-41-47-52(57)60-49(43-38-34-31-29-27-25-16-14-12-10-8-6-4-2)44-39-35-33-36-40-46-51(56)55-50(53(58)59)45-42-48-54/h5,7,11,13,17-18,20-21,49-50H,3-4,6,8-10,12,14-16,19,22-48,54H2,1-2H3,(H,55,56)(H,58,59)/b7-5-,13-11-,18-17-,21-20-. The Kier molecular flexibility index (Phi) is 45.3. The second kappa shape index (κ2) is 47.4. The van der Waals surface area contributed by atoms with E-state index >= 15 is 0 Å². The summed E-state index contributed by atoms with van der Waals surface area (Å²) in [6, 6.07) is -0.858. The lowest BCUT2D eigenvalue weighted by Crippen LogP contribution is -2.40. The molecule has 60 heavy (non-hydrogen) atoms. The van der Waals surface area contributed by atoms with E-state index in [1.165, 1.54) is 122 Å². The Morgan fingerprint density at radius 2 is 0.917 bits per heavy atom. The largest absolute Gasteiger partial charge is 0.480 e. The number of carbonyl (C=O) groups excluding carboxylic acids is 2. The van der Waals surface area contributed by atoms with Crippen LogP contribution in [0.1, 0.15) is 251 Å². The molecule has 1 amide bonds. The van der Waals surface area contributed by atoms with Gasteiger partial charge in [-0.05, 0) is 96.4 Å². The Balaban J connectivity index is 4.26. The summed E-state index contributed by atoms with van der Waals surface area (Å²) in [5.74, 6) is -1.23. The van der Waals surface area contributed by atoms with Crippen molar-refractivity contribution in [2.75, 3.05) is 6.54 Å². The second-order valence-electron chi connectivity index (χ2n) is 17.2. The molecule has 0 aromatic heterocycles. The molecule has 7 nitrogen and oxygen atoms in total. The number of carboxylic acid groups (broad SMARTS) is 1. The molecule has 2 unspecified atom stereocenters. The number of rotatable bonds is 46. The van der Waals surface area contributed by atoms with Crippen molar-refractivity contribution in [2.45, 2.75) is 264 Å². The van der Waals surface area contributed by atoms with Crippen LogP contribution in [-0.4, -0.2) is 41.6 Å². The van der Waals surface area contributed by atoms with Gasteiger partial charge in [-0.1, -0.05) is 197 Å². The van der Waals surface area contributed by atoms with E-state index in [2.05, 4.69) is 67.8 Å². The maximum absolute atomic E-state index is 12.9. The van der Waals surface area contributed by atoms with Crippen molar-refractivity contribution >= 4 is 17.8 Å². The fraction of sp³-hybridized carbons (Fsp3) is 0.792. The van der Waals surface area contributed by atoms with E-state index < -0.39 is 12.0 Å². The molecule has 7 heteroatoms. The first-order chi connectivity index (χ1) is 29.4. The number of esters is 1. The van der Waals surface area contributed by atoms with Gasteiger partial charge < -0.3 is 20.9 Å². The number of nitrogens with two attached hydrogens (primary N) is 1. The minimum Gasteiger partial charge on any atom is -0.480 e. The molecule has 0 rings (SSSR count). The number of carbonyl (C=O) groups is 3. The van der Waals surface area contributed by atoms with E-state index in [0.717, 1.165) is 89.9 Å². The molecule has 0 saturated carbocycles. The van der Waals surface area contributed by atoms with Gasteiger partial charge in [0.15, 0.2) is 0 Å². The van der Waals surface area contributed by atoms with Gasteiger partial charge in [-0.15, -0.1) is 0 Å². The van der Waals surface area contributed by atoms with Crippen molar-refractivity contribution < 1.29 is 24.2 Å². The average Bonchev–Trinajstić information content (AvgIpc) is 3.23. The van der Waals surface area contributed by atoms with Crippen molar-refractivity contribution in [1.82, 2.24) is 5.32 Å². The van der Waals surface area contributed by atoms with Crippen LogP contribution in [-0.2, 0) is 19.1 Å². The molecule has 0 bridgehead atoms. The highest BCUT2D eigenvalue weighted by molar-refractivity contribution is 5.83. The van der Waals surface area contributed by atoms with Crippen LogP contribution >= 0.6 is 0 Å². The number of hydrogen-bond donors (Lipinski definition) is 3. The molecule has 0 saturated heterocycles. The summed E-state index contributed by atoms with van der Waals surface area (Å²) in [7, 11) is 0. The monoisotopic (exact) mass is 841 g/mol. The number of allylic oxidation sites excluding steroid dienone is 8. The lowest BCUT2D eigenvalue weighted by Gasteiger charge is -2.18. The van der Waals surface area contributed by atoms with E-state index in [4.69, 9.17) is 10.5 Å². The van der Waals surface area contributed by atoms with Crippen LogP contribution in [0.4, 0.5) is 0 Å². The zero-order valence-corrected chi connectivity index (χ0v) is 39.3. The van der Waals surface area contributed by atoms with E-state index in [0.29, 0.717) is 32.2 Å². The summed E-state index contributed by atoms with van der Waals surface area (Å²) in [5.41, 5.74) is 5.50. The molecule has 0 aliphatic carbocycles. The van der Waals surface area contributed by atoms with Crippen LogP contribution in [0.25, 0.3) is 0 Å². The quantitative estimate of drug-likeness (QED) is 0.0319. The zero-order valence-electron chi connectivity index (χ0n) is 39.3. The summed E-state index contributed by atoms with van der Waals surface area (Å²) in [5, 5.41) is 12.0. The summed E-state index contributed by atoms with van der Waals surface area (Å²) in [4.78, 5) is 36.5. The van der Waals surface area contributed by atoms with Gasteiger partial charge in [0.05, 0.1) is 0 Å². The zero-order chi connectivity index (χ0) is 43.8. The van der Waals surface area contributed by atoms with E-state index in [1.54, 1.807) is 0 Å². The van der Waals surface area contributed by atoms with Gasteiger partial charge in [-0.2, -0.15) is 0 Å². The number of nitrogens with one attached hydrogen (secondary N) is 1. The molecular weight excluding hydrogens is 745 g/mol. The van der Waals surface area contributed by atoms with Crippen molar-refractivity contribution in [2.24, 2.45) is 5.73 Å². The number of ether oxygens (including phenoxy) is 1. The molecular formula is C53H96N2O5. The fourth-order valence-corrected chi connectivity index (χ4v) is 7.62. The normalized spacial score (nSPS) is 13.0. The van der Waals surface area contributed by atoms with Crippen LogP contribution in [0.5, 0.6) is 0 Å². The molecule has 0 spiro atoms. The van der Waals surface area contributed by atoms with Crippen LogP contribution in [0, 0.1) is 0 Å². The van der Waals surface area contributed by atoms with E-state index in [1.807, 2.05) is 0 Å². The Morgan fingerprint density at radius 1 is 0.500 bits per heavy atom. The second-order valence-corrected chi connectivity index (χ2v) is 17.2. The molecule has 0 aromatic carbocycles. The summed E-state index contributed by atoms with van der Waals surface area (Å²) in [6.07, 6.45) is 58.8. The number of aliphatic carboxylic acids is 1. The lowest BCUT2D eigenvalue weighted by atomic mass is 10.0. The maximum atomic E-state index is 12.9. The van der Waals surface area contributed by atoms with Crippen LogP contribution in [0.3, 0.4) is 0 Å². The topological polar surface area (TPSA) is 119 Å². The third kappa shape index (κ3) is 43.4. The van der Waals surface area contributed by atoms with E-state index in [9.17, 15) is 19.5 Å². The Morgan fingerprint density at radius 3 is 1.38 bits per heavy atom. The van der Waals surface area contributed by atoms with Crippen LogP contribution < -0.4 is 11.1 Å². The first-order valence-electron chi connectivity index (χ1n) is 25.5. The first-order valence-corrected chi connectivity index (χ1v) is 25.5. The number of amides is 1. The summed E-state index contributed by atoms with van der Waals surface area (Å²) < 4.78 is 6.08. The summed E-state index contributed by atoms with van der Waals surface area (Å²) >= 11 is 0. The van der Waals surface area contributed by atoms with Gasteiger partial charge in [-0.25, -0.2) is 4.79 Å². The Bertz CT molecular complexity index is 1080. The Labute approximate surface area is 370 Å². The molecule has 0 aromatic rings. The predicted octanol–water partition coefficient (Wildman–Crippen LogP) is 15.1. The predicted molar refractivity (Wildman–Crippen MR) is 257 cm³/mol. The number of carboxylic acids is 1. The highest BCUT2D eigenvalue weighted by Crippen LogP contribution is 2.19. The van der Waals surface area contributed by atoms with Crippen molar-refractivity contribution in [3.63, 3.8) is 0 Å². The van der Waals surface area contributed by atoms with Crippen LogP contribution in [0.15, 0.2) is 48.6 Å². The Hall–Kier alpha value is -2.67. The third-order valence-corrected chi connectivity index (χ3v) is 11.4. The van der Waals surface area contributed by atoms with Gasteiger partial charge in [0.2, 0.25) is 5.91 Å². The molecule has 2 atom stereocenters. The van der Waals surface area contributed by atoms with Gasteiger partial charge in [-0.3, -0.25) is 9.59 Å².